The van der Waals surface area contributed by atoms with Crippen LogP contribution in [0, 0.1) is 5.41 Å². The molecule has 0 spiro atoms. The Labute approximate surface area is 122 Å². The van der Waals surface area contributed by atoms with Crippen molar-refractivity contribution in [2.75, 3.05) is 13.2 Å². The Morgan fingerprint density at radius 1 is 1.30 bits per heavy atom. The number of benzene rings is 1. The molecule has 3 nitrogen and oxygen atoms in total. The molecule has 0 radical (unpaired) electrons. The lowest BCUT2D eigenvalue weighted by Gasteiger charge is -2.26. The van der Waals surface area contributed by atoms with Gasteiger partial charge in [0.2, 0.25) is 0 Å². The number of nitrogens with one attached hydrogen (secondary N) is 1. The Balaban J connectivity index is 1.69. The third-order valence-electron chi connectivity index (χ3n) is 4.27. The zero-order chi connectivity index (χ0) is 14.0. The topological polar surface area (TPSA) is 49.3 Å². The molecular weight excluding hydrogens is 270 g/mol. The summed E-state index contributed by atoms with van der Waals surface area (Å²) in [5, 5.41) is 13.7. The van der Waals surface area contributed by atoms with Crippen LogP contribution in [-0.4, -0.2) is 24.2 Å². The molecule has 0 atom stereocenters. The number of rotatable bonds is 4. The molecule has 4 heteroatoms. The summed E-state index contributed by atoms with van der Waals surface area (Å²) in [6.45, 7) is 0.746. The quantitative estimate of drug-likeness (QED) is 0.908. The Morgan fingerprint density at radius 3 is 2.75 bits per heavy atom. The number of carbonyl (C=O) groups is 1. The second-order valence-electron chi connectivity index (χ2n) is 5.70. The summed E-state index contributed by atoms with van der Waals surface area (Å²) in [6, 6.07) is 9.96. The molecule has 0 aliphatic heterocycles. The van der Waals surface area contributed by atoms with Crippen molar-refractivity contribution in [3.05, 3.63) is 35.2 Å². The molecule has 106 valence electrons. The summed E-state index contributed by atoms with van der Waals surface area (Å²) in [5.74, 6) is -0.0223. The van der Waals surface area contributed by atoms with Gasteiger partial charge in [0.05, 0.1) is 11.5 Å². The fourth-order valence-corrected chi connectivity index (χ4v) is 3.94. The van der Waals surface area contributed by atoms with Gasteiger partial charge in [-0.15, -0.1) is 11.3 Å². The smallest absolute Gasteiger partial charge is 0.261 e. The molecule has 20 heavy (non-hydrogen) atoms. The van der Waals surface area contributed by atoms with Crippen LogP contribution < -0.4 is 5.32 Å². The van der Waals surface area contributed by atoms with Crippen molar-refractivity contribution in [2.45, 2.75) is 25.7 Å². The average Bonchev–Trinajstić information content (AvgIpc) is 3.12. The predicted octanol–water partition coefficient (Wildman–Crippen LogP) is 3.18. The minimum atomic E-state index is -0.0909. The van der Waals surface area contributed by atoms with Crippen LogP contribution in [0.5, 0.6) is 0 Å². The summed E-state index contributed by atoms with van der Waals surface area (Å²) in [5.41, 5.74) is -0.0909. The summed E-state index contributed by atoms with van der Waals surface area (Å²) in [7, 11) is 0. The van der Waals surface area contributed by atoms with Crippen molar-refractivity contribution >= 4 is 27.3 Å². The SMILES string of the molecule is O=C(NCC1(CO)CCCC1)c1cc2ccccc2s1. The fourth-order valence-electron chi connectivity index (χ4n) is 2.96. The molecule has 1 aromatic carbocycles. The highest BCUT2D eigenvalue weighted by Gasteiger charge is 2.33. The van der Waals surface area contributed by atoms with Gasteiger partial charge in [-0.3, -0.25) is 4.79 Å². The molecule has 1 aliphatic rings. The predicted molar refractivity (Wildman–Crippen MR) is 82.1 cm³/mol. The lowest BCUT2D eigenvalue weighted by Crippen LogP contribution is -2.38. The molecule has 1 heterocycles. The van der Waals surface area contributed by atoms with Gasteiger partial charge in [0, 0.05) is 16.7 Å². The first kappa shape index (κ1) is 13.6. The van der Waals surface area contributed by atoms with Crippen LogP contribution in [0.2, 0.25) is 0 Å². The van der Waals surface area contributed by atoms with Crippen LogP contribution in [0.25, 0.3) is 10.1 Å². The van der Waals surface area contributed by atoms with E-state index in [1.54, 1.807) is 0 Å². The van der Waals surface area contributed by atoms with Gasteiger partial charge in [-0.1, -0.05) is 31.0 Å². The van der Waals surface area contributed by atoms with Crippen molar-refractivity contribution in [1.82, 2.24) is 5.32 Å². The lowest BCUT2D eigenvalue weighted by atomic mass is 9.87. The van der Waals surface area contributed by atoms with E-state index in [0.29, 0.717) is 6.54 Å². The van der Waals surface area contributed by atoms with Crippen LogP contribution in [0.3, 0.4) is 0 Å². The highest BCUT2D eigenvalue weighted by molar-refractivity contribution is 7.20. The van der Waals surface area contributed by atoms with E-state index >= 15 is 0 Å². The van der Waals surface area contributed by atoms with Crippen molar-refractivity contribution in [2.24, 2.45) is 5.41 Å². The molecule has 3 rings (SSSR count). The van der Waals surface area contributed by atoms with Crippen LogP contribution in [0.1, 0.15) is 35.4 Å². The van der Waals surface area contributed by atoms with Crippen LogP contribution >= 0.6 is 11.3 Å². The Bertz CT molecular complexity index is 581. The first-order valence-corrected chi connectivity index (χ1v) is 7.92. The van der Waals surface area contributed by atoms with E-state index in [9.17, 15) is 9.90 Å². The van der Waals surface area contributed by atoms with E-state index < -0.39 is 0 Å². The minimum absolute atomic E-state index is 0.0223. The Kier molecular flexibility index (Phi) is 3.76. The number of amides is 1. The lowest BCUT2D eigenvalue weighted by molar-refractivity contribution is 0.0884. The molecule has 1 fully saturated rings. The molecule has 2 aromatic rings. The molecule has 2 N–H and O–H groups in total. The highest BCUT2D eigenvalue weighted by atomic mass is 32.1. The van der Waals surface area contributed by atoms with E-state index in [1.807, 2.05) is 30.3 Å². The zero-order valence-electron chi connectivity index (χ0n) is 11.4. The maximum absolute atomic E-state index is 12.2. The standard InChI is InChI=1S/C16H19NO2S/c18-11-16(7-3-4-8-16)10-17-15(19)14-9-12-5-1-2-6-13(12)20-14/h1-2,5-6,9,18H,3-4,7-8,10-11H2,(H,17,19). The number of thiophene rings is 1. The number of aliphatic hydroxyl groups excluding tert-OH is 1. The highest BCUT2D eigenvalue weighted by Crippen LogP contribution is 2.37. The zero-order valence-corrected chi connectivity index (χ0v) is 12.2. The summed E-state index contributed by atoms with van der Waals surface area (Å²) in [4.78, 5) is 13.0. The normalized spacial score (nSPS) is 17.4. The van der Waals surface area contributed by atoms with Gasteiger partial charge in [0.25, 0.3) is 5.91 Å². The third kappa shape index (κ3) is 2.58. The van der Waals surface area contributed by atoms with E-state index in [-0.39, 0.29) is 17.9 Å². The van der Waals surface area contributed by atoms with Gasteiger partial charge in [-0.25, -0.2) is 0 Å². The number of hydrogen-bond donors (Lipinski definition) is 2. The average molecular weight is 289 g/mol. The van der Waals surface area contributed by atoms with Crippen LogP contribution in [0.15, 0.2) is 30.3 Å². The number of fused-ring (bicyclic) bond motifs is 1. The molecule has 1 aliphatic carbocycles. The minimum Gasteiger partial charge on any atom is -0.396 e. The van der Waals surface area contributed by atoms with E-state index in [0.717, 1.165) is 40.6 Å². The van der Waals surface area contributed by atoms with Crippen molar-refractivity contribution in [1.29, 1.82) is 0 Å². The van der Waals surface area contributed by atoms with Gasteiger partial charge < -0.3 is 10.4 Å². The van der Waals surface area contributed by atoms with Crippen LogP contribution in [-0.2, 0) is 0 Å². The summed E-state index contributed by atoms with van der Waals surface area (Å²) >= 11 is 1.52. The summed E-state index contributed by atoms with van der Waals surface area (Å²) in [6.07, 6.45) is 4.32. The first-order chi connectivity index (χ1) is 9.72. The van der Waals surface area contributed by atoms with E-state index in [1.165, 1.54) is 11.3 Å². The van der Waals surface area contributed by atoms with E-state index in [4.69, 9.17) is 0 Å². The molecular formula is C16H19NO2S. The molecule has 1 aromatic heterocycles. The Hall–Kier alpha value is -1.39. The van der Waals surface area contributed by atoms with Crippen LogP contribution in [0.4, 0.5) is 0 Å². The van der Waals surface area contributed by atoms with Crippen molar-refractivity contribution in [3.63, 3.8) is 0 Å². The molecule has 1 saturated carbocycles. The number of carbonyl (C=O) groups excluding carboxylic acids is 1. The largest absolute Gasteiger partial charge is 0.396 e. The number of aliphatic hydroxyl groups is 1. The maximum atomic E-state index is 12.2. The van der Waals surface area contributed by atoms with Gasteiger partial charge in [-0.05, 0) is 30.4 Å². The molecule has 1 amide bonds. The number of hydrogen-bond acceptors (Lipinski definition) is 3. The van der Waals surface area contributed by atoms with Gasteiger partial charge in [0.15, 0.2) is 0 Å². The van der Waals surface area contributed by atoms with Crippen molar-refractivity contribution in [3.8, 4) is 0 Å². The second-order valence-corrected chi connectivity index (χ2v) is 6.78. The van der Waals surface area contributed by atoms with Gasteiger partial charge in [-0.2, -0.15) is 0 Å². The summed E-state index contributed by atoms with van der Waals surface area (Å²) < 4.78 is 1.13. The first-order valence-electron chi connectivity index (χ1n) is 7.10. The monoisotopic (exact) mass is 289 g/mol. The molecule has 0 bridgehead atoms. The second kappa shape index (κ2) is 5.54. The van der Waals surface area contributed by atoms with E-state index in [2.05, 4.69) is 5.32 Å². The molecule has 0 unspecified atom stereocenters. The third-order valence-corrected chi connectivity index (χ3v) is 5.39. The Morgan fingerprint density at radius 2 is 2.05 bits per heavy atom. The fraction of sp³-hybridized carbons (Fsp3) is 0.438. The maximum Gasteiger partial charge on any atom is 0.261 e. The van der Waals surface area contributed by atoms with Crippen molar-refractivity contribution < 1.29 is 9.90 Å². The van der Waals surface area contributed by atoms with Gasteiger partial charge >= 0.3 is 0 Å². The van der Waals surface area contributed by atoms with Gasteiger partial charge in [0.1, 0.15) is 0 Å². The molecule has 0 saturated heterocycles.